The van der Waals surface area contributed by atoms with Crippen molar-refractivity contribution in [2.24, 2.45) is 0 Å². The third-order valence-corrected chi connectivity index (χ3v) is 12.2. The Morgan fingerprint density at radius 1 is 0.367 bits per heavy atom. The van der Waals surface area contributed by atoms with Crippen LogP contribution in [-0.4, -0.2) is 19.5 Å². The van der Waals surface area contributed by atoms with E-state index in [4.69, 9.17) is 19.4 Å². The van der Waals surface area contributed by atoms with Crippen LogP contribution in [0.15, 0.2) is 199 Å². The van der Waals surface area contributed by atoms with Gasteiger partial charge >= 0.3 is 0 Å². The normalized spacial score (nSPS) is 12.0. The standard InChI is InChI=1S/C55H32N4O/c1-2-15-35(16-3-1)53-56-54(44-24-12-20-33-13-6-9-21-40(33)44)58-55(57-53)47-30-38-19-8-11-23-42(38)52-50(47)45-28-26-39(32-49(45)60-52)59-48-31-37-18-5-4-17-36(37)29-46(48)43-27-25-34-14-7-10-22-41(34)51(43)59/h1-32H. The van der Waals surface area contributed by atoms with E-state index < -0.39 is 0 Å². The highest BCUT2D eigenvalue weighted by Gasteiger charge is 2.23. The molecule has 0 fully saturated rings. The Balaban J connectivity index is 1.10. The van der Waals surface area contributed by atoms with E-state index in [1.807, 2.05) is 18.2 Å². The van der Waals surface area contributed by atoms with Crippen molar-refractivity contribution in [3.63, 3.8) is 0 Å². The second-order valence-electron chi connectivity index (χ2n) is 15.6. The molecular weight excluding hydrogens is 733 g/mol. The third-order valence-electron chi connectivity index (χ3n) is 12.2. The van der Waals surface area contributed by atoms with Crippen molar-refractivity contribution in [2.75, 3.05) is 0 Å². The molecule has 3 aromatic heterocycles. The van der Waals surface area contributed by atoms with Gasteiger partial charge < -0.3 is 8.98 Å². The summed E-state index contributed by atoms with van der Waals surface area (Å²) in [5.41, 5.74) is 7.74. The fourth-order valence-corrected chi connectivity index (χ4v) is 9.40. The number of aromatic nitrogens is 4. The molecule has 0 saturated carbocycles. The Morgan fingerprint density at radius 3 is 1.80 bits per heavy atom. The number of nitrogens with zero attached hydrogens (tertiary/aromatic N) is 4. The summed E-state index contributed by atoms with van der Waals surface area (Å²) < 4.78 is 9.47. The van der Waals surface area contributed by atoms with Crippen molar-refractivity contribution in [2.45, 2.75) is 0 Å². The summed E-state index contributed by atoms with van der Waals surface area (Å²) in [7, 11) is 0. The summed E-state index contributed by atoms with van der Waals surface area (Å²) in [6, 6.07) is 68.6. The first-order valence-electron chi connectivity index (χ1n) is 20.3. The van der Waals surface area contributed by atoms with Crippen LogP contribution in [0.25, 0.3) is 127 Å². The van der Waals surface area contributed by atoms with Crippen molar-refractivity contribution in [3.05, 3.63) is 194 Å². The number of hydrogen-bond acceptors (Lipinski definition) is 4. The Kier molecular flexibility index (Phi) is 6.95. The van der Waals surface area contributed by atoms with Crippen LogP contribution in [0.4, 0.5) is 0 Å². The highest BCUT2D eigenvalue weighted by Crippen LogP contribution is 2.44. The molecule has 0 unspecified atom stereocenters. The second-order valence-corrected chi connectivity index (χ2v) is 15.6. The van der Waals surface area contributed by atoms with E-state index in [9.17, 15) is 0 Å². The summed E-state index contributed by atoms with van der Waals surface area (Å²) in [6.45, 7) is 0. The third kappa shape index (κ3) is 4.90. The zero-order valence-corrected chi connectivity index (χ0v) is 32.2. The molecule has 5 nitrogen and oxygen atoms in total. The van der Waals surface area contributed by atoms with Crippen LogP contribution < -0.4 is 0 Å². The van der Waals surface area contributed by atoms with Gasteiger partial charge in [-0.3, -0.25) is 0 Å². The SMILES string of the molecule is c1ccc(-c2nc(-c3cccc4ccccc34)nc(-c3cc4ccccc4c4oc5cc(-n6c7cc8ccccc8cc7c7ccc8ccccc8c76)ccc5c34)n2)cc1. The van der Waals surface area contributed by atoms with Crippen molar-refractivity contribution in [1.29, 1.82) is 0 Å². The molecule has 0 aliphatic carbocycles. The minimum atomic E-state index is 0.593. The Morgan fingerprint density at radius 2 is 0.983 bits per heavy atom. The summed E-state index contributed by atoms with van der Waals surface area (Å²) in [6.07, 6.45) is 0. The molecule has 60 heavy (non-hydrogen) atoms. The van der Waals surface area contributed by atoms with Gasteiger partial charge in [-0.25, -0.2) is 15.0 Å². The van der Waals surface area contributed by atoms with E-state index in [2.05, 4.69) is 180 Å². The zero-order chi connectivity index (χ0) is 39.3. The number of rotatable bonds is 4. The molecule has 0 spiro atoms. The lowest BCUT2D eigenvalue weighted by atomic mass is 9.99. The number of benzene rings is 10. The lowest BCUT2D eigenvalue weighted by molar-refractivity contribution is 0.672. The molecule has 0 N–H and O–H groups in total. The molecule has 0 aliphatic heterocycles. The van der Waals surface area contributed by atoms with E-state index >= 15 is 0 Å². The monoisotopic (exact) mass is 764 g/mol. The molecule has 0 atom stereocenters. The fourth-order valence-electron chi connectivity index (χ4n) is 9.40. The molecule has 13 aromatic rings. The first kappa shape index (κ1) is 32.9. The number of fused-ring (bicyclic) bond motifs is 12. The summed E-state index contributed by atoms with van der Waals surface area (Å²) >= 11 is 0. The largest absolute Gasteiger partial charge is 0.455 e. The average Bonchev–Trinajstić information content (AvgIpc) is 3.86. The molecule has 0 radical (unpaired) electrons. The molecule has 0 bridgehead atoms. The Labute approximate surface area is 343 Å². The first-order chi connectivity index (χ1) is 29.7. The number of hydrogen-bond donors (Lipinski definition) is 0. The minimum absolute atomic E-state index is 0.593. The predicted molar refractivity (Wildman–Crippen MR) is 248 cm³/mol. The molecule has 0 saturated heterocycles. The molecule has 278 valence electrons. The van der Waals surface area contributed by atoms with Crippen LogP contribution in [0.3, 0.4) is 0 Å². The Hall–Kier alpha value is -8.15. The second kappa shape index (κ2) is 12.7. The molecule has 0 amide bonds. The van der Waals surface area contributed by atoms with E-state index in [1.165, 1.54) is 37.8 Å². The van der Waals surface area contributed by atoms with Crippen LogP contribution in [0.5, 0.6) is 0 Å². The minimum Gasteiger partial charge on any atom is -0.455 e. The van der Waals surface area contributed by atoms with Gasteiger partial charge in [-0.15, -0.1) is 0 Å². The van der Waals surface area contributed by atoms with Crippen molar-refractivity contribution < 1.29 is 4.42 Å². The molecular formula is C55H32N4O. The van der Waals surface area contributed by atoms with Gasteiger partial charge in [0.25, 0.3) is 0 Å². The van der Waals surface area contributed by atoms with Crippen molar-refractivity contribution >= 4 is 86.8 Å². The Bertz CT molecular complexity index is 3890. The van der Waals surface area contributed by atoms with Gasteiger partial charge in [0.05, 0.1) is 11.0 Å². The van der Waals surface area contributed by atoms with Gasteiger partial charge in [0, 0.05) is 60.8 Å². The van der Waals surface area contributed by atoms with Gasteiger partial charge in [0.1, 0.15) is 11.2 Å². The van der Waals surface area contributed by atoms with Crippen molar-refractivity contribution in [1.82, 2.24) is 19.5 Å². The molecule has 10 aromatic carbocycles. The van der Waals surface area contributed by atoms with E-state index in [0.717, 1.165) is 71.4 Å². The first-order valence-corrected chi connectivity index (χ1v) is 20.3. The van der Waals surface area contributed by atoms with Crippen LogP contribution in [-0.2, 0) is 0 Å². The maximum absolute atomic E-state index is 7.05. The van der Waals surface area contributed by atoms with E-state index in [1.54, 1.807) is 0 Å². The van der Waals surface area contributed by atoms with Crippen LogP contribution >= 0.6 is 0 Å². The summed E-state index contributed by atoms with van der Waals surface area (Å²) in [5, 5.41) is 13.6. The van der Waals surface area contributed by atoms with Gasteiger partial charge in [-0.05, 0) is 62.6 Å². The number of furan rings is 1. The van der Waals surface area contributed by atoms with Crippen molar-refractivity contribution in [3.8, 4) is 39.9 Å². The molecule has 13 rings (SSSR count). The highest BCUT2D eigenvalue weighted by atomic mass is 16.3. The molecule has 0 aliphatic rings. The fraction of sp³-hybridized carbons (Fsp3) is 0. The van der Waals surface area contributed by atoms with Crippen LogP contribution in [0.1, 0.15) is 0 Å². The lowest BCUT2D eigenvalue weighted by Crippen LogP contribution is -2.01. The van der Waals surface area contributed by atoms with Gasteiger partial charge in [0.2, 0.25) is 0 Å². The smallest absolute Gasteiger partial charge is 0.164 e. The summed E-state index contributed by atoms with van der Waals surface area (Å²) in [5.74, 6) is 1.83. The van der Waals surface area contributed by atoms with Crippen LogP contribution in [0, 0.1) is 0 Å². The quantitative estimate of drug-likeness (QED) is 0.179. The lowest BCUT2D eigenvalue weighted by Gasteiger charge is -2.12. The highest BCUT2D eigenvalue weighted by molar-refractivity contribution is 6.23. The average molecular weight is 765 g/mol. The predicted octanol–water partition coefficient (Wildman–Crippen LogP) is 14.5. The maximum atomic E-state index is 7.05. The van der Waals surface area contributed by atoms with Gasteiger partial charge in [0.15, 0.2) is 17.5 Å². The van der Waals surface area contributed by atoms with E-state index in [-0.39, 0.29) is 0 Å². The van der Waals surface area contributed by atoms with Crippen LogP contribution in [0.2, 0.25) is 0 Å². The van der Waals surface area contributed by atoms with Gasteiger partial charge in [-0.1, -0.05) is 158 Å². The topological polar surface area (TPSA) is 56.7 Å². The molecule has 3 heterocycles. The molecule has 5 heteroatoms. The van der Waals surface area contributed by atoms with E-state index in [0.29, 0.717) is 17.5 Å². The summed E-state index contributed by atoms with van der Waals surface area (Å²) in [4.78, 5) is 15.7. The maximum Gasteiger partial charge on any atom is 0.164 e. The zero-order valence-electron chi connectivity index (χ0n) is 32.2. The van der Waals surface area contributed by atoms with Gasteiger partial charge in [-0.2, -0.15) is 0 Å².